The molecule has 2 aromatic carbocycles. The highest BCUT2D eigenvalue weighted by Gasteiger charge is 2.49. The van der Waals surface area contributed by atoms with Gasteiger partial charge >= 0.3 is 6.03 Å². The molecule has 0 radical (unpaired) electrons. The van der Waals surface area contributed by atoms with E-state index >= 15 is 0 Å². The Labute approximate surface area is 214 Å². The molecule has 0 saturated carbocycles. The van der Waals surface area contributed by atoms with Gasteiger partial charge in [0.1, 0.15) is 11.9 Å². The highest BCUT2D eigenvalue weighted by atomic mass is 19.1. The van der Waals surface area contributed by atoms with Gasteiger partial charge in [-0.25, -0.2) is 9.18 Å². The topological polar surface area (TPSA) is 114 Å². The van der Waals surface area contributed by atoms with Crippen molar-refractivity contribution in [2.45, 2.75) is 51.9 Å². The van der Waals surface area contributed by atoms with E-state index in [1.165, 1.54) is 12.1 Å². The van der Waals surface area contributed by atoms with E-state index in [4.69, 9.17) is 5.73 Å². The van der Waals surface area contributed by atoms with Crippen LogP contribution < -0.4 is 11.1 Å². The monoisotopic (exact) mass is 506 g/mol. The summed E-state index contributed by atoms with van der Waals surface area (Å²) in [5.41, 5.74) is 6.74. The maximum absolute atomic E-state index is 13.7. The van der Waals surface area contributed by atoms with Crippen LogP contribution >= 0.6 is 0 Å². The molecular formula is C27H31FN6O3. The maximum Gasteiger partial charge on any atom is 0.315 e. The first-order chi connectivity index (χ1) is 17.5. The number of carbonyl (C=O) groups excluding carboxylic acids is 3. The molecule has 194 valence electrons. The number of benzene rings is 2. The Balaban J connectivity index is 1.39. The number of carbonyl (C=O) groups is 3. The molecule has 3 heterocycles. The van der Waals surface area contributed by atoms with Crippen molar-refractivity contribution < 1.29 is 18.8 Å². The molecular weight excluding hydrogens is 475 g/mol. The highest BCUT2D eigenvalue weighted by molar-refractivity contribution is 6.06. The van der Waals surface area contributed by atoms with Crippen molar-refractivity contribution in [2.24, 2.45) is 11.1 Å². The molecule has 5 rings (SSSR count). The van der Waals surface area contributed by atoms with Crippen molar-refractivity contribution in [2.75, 3.05) is 13.1 Å². The van der Waals surface area contributed by atoms with Gasteiger partial charge in [0.15, 0.2) is 5.69 Å². The number of aromatic nitrogens is 2. The summed E-state index contributed by atoms with van der Waals surface area (Å²) in [6.45, 7) is 6.91. The minimum atomic E-state index is -0.789. The number of para-hydroxylation sites is 1. The SMILES string of the molecule is CC(C)(C)[C@H](NC(=O)c1nn(Cc2ccc(F)cc2)c2ccccc12)C(=O)N1C[C@@H]2C[C@H]1CN2C(N)=O. The van der Waals surface area contributed by atoms with Gasteiger partial charge in [-0.3, -0.25) is 14.3 Å². The third-order valence-corrected chi connectivity index (χ3v) is 7.31. The molecule has 2 aliphatic heterocycles. The van der Waals surface area contributed by atoms with Crippen LogP contribution in [0.3, 0.4) is 0 Å². The quantitative estimate of drug-likeness (QED) is 0.554. The largest absolute Gasteiger partial charge is 0.351 e. The van der Waals surface area contributed by atoms with E-state index in [2.05, 4.69) is 10.4 Å². The van der Waals surface area contributed by atoms with Gasteiger partial charge in [0.05, 0.1) is 24.1 Å². The molecule has 2 bridgehead atoms. The van der Waals surface area contributed by atoms with Gasteiger partial charge in [-0.2, -0.15) is 5.10 Å². The van der Waals surface area contributed by atoms with E-state index in [-0.39, 0.29) is 29.5 Å². The third-order valence-electron chi connectivity index (χ3n) is 7.31. The Morgan fingerprint density at radius 2 is 1.70 bits per heavy atom. The molecule has 2 fully saturated rings. The number of rotatable bonds is 5. The first kappa shape index (κ1) is 24.7. The molecule has 37 heavy (non-hydrogen) atoms. The van der Waals surface area contributed by atoms with Gasteiger partial charge in [-0.1, -0.05) is 51.1 Å². The summed E-state index contributed by atoms with van der Waals surface area (Å²) in [7, 11) is 0. The average Bonchev–Trinajstić information content (AvgIpc) is 3.56. The Kier molecular flexibility index (Phi) is 6.13. The normalized spacial score (nSPS) is 19.9. The number of hydrogen-bond acceptors (Lipinski definition) is 4. The summed E-state index contributed by atoms with van der Waals surface area (Å²) in [5, 5.41) is 8.22. The lowest BCUT2D eigenvalue weighted by Crippen LogP contribution is -2.59. The summed E-state index contributed by atoms with van der Waals surface area (Å²) in [4.78, 5) is 42.3. The van der Waals surface area contributed by atoms with Crippen LogP contribution in [0.2, 0.25) is 0 Å². The van der Waals surface area contributed by atoms with Crippen molar-refractivity contribution >= 4 is 28.7 Å². The Morgan fingerprint density at radius 1 is 1.05 bits per heavy atom. The molecule has 4 amide bonds. The van der Waals surface area contributed by atoms with Crippen molar-refractivity contribution in [3.63, 3.8) is 0 Å². The Bertz CT molecular complexity index is 1360. The number of piperazine rings is 1. The van der Waals surface area contributed by atoms with Crippen molar-refractivity contribution in [3.8, 4) is 0 Å². The minimum Gasteiger partial charge on any atom is -0.351 e. The number of fused-ring (bicyclic) bond motifs is 3. The average molecular weight is 507 g/mol. The number of nitrogens with one attached hydrogen (secondary N) is 1. The molecule has 0 aliphatic carbocycles. The summed E-state index contributed by atoms with van der Waals surface area (Å²) in [6.07, 6.45) is 0.692. The molecule has 3 aromatic rings. The molecule has 10 heteroatoms. The second-order valence-electron chi connectivity index (χ2n) is 10.9. The number of primary amides is 1. The molecule has 0 unspecified atom stereocenters. The summed E-state index contributed by atoms with van der Waals surface area (Å²) < 4.78 is 15.1. The number of halogens is 1. The second-order valence-corrected chi connectivity index (χ2v) is 10.9. The van der Waals surface area contributed by atoms with E-state index in [0.29, 0.717) is 31.4 Å². The van der Waals surface area contributed by atoms with Crippen LogP contribution in [0.25, 0.3) is 10.9 Å². The first-order valence-corrected chi connectivity index (χ1v) is 12.4. The minimum absolute atomic E-state index is 0.0890. The molecule has 2 aliphatic rings. The van der Waals surface area contributed by atoms with Crippen LogP contribution in [0.4, 0.5) is 9.18 Å². The standard InChI is InChI=1S/C27H31FN6O3/c1-27(2,3)23(25(36)32-14-19-12-18(32)15-33(19)26(29)37)30-24(35)22-20-6-4-5-7-21(20)34(31-22)13-16-8-10-17(28)11-9-16/h4-11,18-19,23H,12-15H2,1-3H3,(H2,29,37)(H,30,35)/t18-,19-,23+/m0/s1. The van der Waals surface area contributed by atoms with Crippen molar-refractivity contribution in [1.82, 2.24) is 24.9 Å². The number of likely N-dealkylation sites (tertiary alicyclic amines) is 2. The zero-order chi connectivity index (χ0) is 26.5. The van der Waals surface area contributed by atoms with Gasteiger partial charge in [0.2, 0.25) is 5.91 Å². The van der Waals surface area contributed by atoms with E-state index < -0.39 is 23.4 Å². The van der Waals surface area contributed by atoms with Crippen LogP contribution in [0.5, 0.6) is 0 Å². The molecule has 3 atom stereocenters. The predicted molar refractivity (Wildman–Crippen MR) is 136 cm³/mol. The van der Waals surface area contributed by atoms with Crippen LogP contribution in [-0.2, 0) is 11.3 Å². The van der Waals surface area contributed by atoms with Crippen LogP contribution in [0, 0.1) is 11.2 Å². The van der Waals surface area contributed by atoms with Gasteiger partial charge in [-0.15, -0.1) is 0 Å². The van der Waals surface area contributed by atoms with E-state index in [9.17, 15) is 18.8 Å². The molecule has 1 aromatic heterocycles. The lowest BCUT2D eigenvalue weighted by molar-refractivity contribution is -0.137. The fraction of sp³-hybridized carbons (Fsp3) is 0.407. The van der Waals surface area contributed by atoms with Gasteiger partial charge < -0.3 is 20.9 Å². The van der Waals surface area contributed by atoms with Crippen molar-refractivity contribution in [1.29, 1.82) is 0 Å². The molecule has 3 N–H and O–H groups in total. The molecule has 9 nitrogen and oxygen atoms in total. The van der Waals surface area contributed by atoms with Crippen LogP contribution in [0.15, 0.2) is 48.5 Å². The smallest absolute Gasteiger partial charge is 0.315 e. The molecule has 2 saturated heterocycles. The van der Waals surface area contributed by atoms with Gasteiger partial charge in [-0.05, 0) is 35.6 Å². The van der Waals surface area contributed by atoms with Gasteiger partial charge in [0.25, 0.3) is 5.91 Å². The van der Waals surface area contributed by atoms with Crippen LogP contribution in [0.1, 0.15) is 43.2 Å². The molecule has 0 spiro atoms. The van der Waals surface area contributed by atoms with Crippen LogP contribution in [-0.4, -0.2) is 68.6 Å². The number of hydrogen-bond donors (Lipinski definition) is 2. The third kappa shape index (κ3) is 4.63. The highest BCUT2D eigenvalue weighted by Crippen LogP contribution is 2.33. The summed E-state index contributed by atoms with van der Waals surface area (Å²) >= 11 is 0. The maximum atomic E-state index is 13.7. The van der Waals surface area contributed by atoms with Gasteiger partial charge in [0, 0.05) is 18.5 Å². The Morgan fingerprint density at radius 3 is 2.32 bits per heavy atom. The predicted octanol–water partition coefficient (Wildman–Crippen LogP) is 2.73. The summed E-state index contributed by atoms with van der Waals surface area (Å²) in [6, 6.07) is 12.1. The van der Waals surface area contributed by atoms with E-state index in [1.807, 2.05) is 45.0 Å². The summed E-state index contributed by atoms with van der Waals surface area (Å²) in [5.74, 6) is -0.932. The number of nitrogens with zero attached hydrogens (tertiary/aromatic N) is 4. The van der Waals surface area contributed by atoms with Crippen molar-refractivity contribution in [3.05, 3.63) is 65.6 Å². The zero-order valence-corrected chi connectivity index (χ0v) is 21.1. The lowest BCUT2D eigenvalue weighted by atomic mass is 9.85. The fourth-order valence-corrected chi connectivity index (χ4v) is 5.40. The first-order valence-electron chi connectivity index (χ1n) is 12.4. The Hall–Kier alpha value is -3.95. The zero-order valence-electron chi connectivity index (χ0n) is 21.1. The lowest BCUT2D eigenvalue weighted by Gasteiger charge is -2.38. The second kappa shape index (κ2) is 9.17. The van der Waals surface area contributed by atoms with E-state index in [1.54, 1.807) is 26.6 Å². The van der Waals surface area contributed by atoms with E-state index in [0.717, 1.165) is 11.1 Å². The number of nitrogens with two attached hydrogens (primary N) is 1. The number of urea groups is 1. The fourth-order valence-electron chi connectivity index (χ4n) is 5.40. The number of amides is 4.